The van der Waals surface area contributed by atoms with Crippen LogP contribution in [0.5, 0.6) is 5.75 Å². The van der Waals surface area contributed by atoms with E-state index >= 15 is 0 Å². The lowest BCUT2D eigenvalue weighted by molar-refractivity contribution is 0.410. The molecule has 1 aliphatic carbocycles. The number of thiophene rings is 1. The van der Waals surface area contributed by atoms with Crippen LogP contribution in [0.3, 0.4) is 0 Å². The highest BCUT2D eigenvalue weighted by atomic mass is 32.1. The predicted octanol–water partition coefficient (Wildman–Crippen LogP) is 4.77. The SMILES string of the molecule is COc1cccc2cc(/C(C)=N\Nc3ncnc4sc5c(c34)CCC5)oc12. The van der Waals surface area contributed by atoms with Crippen molar-refractivity contribution in [3.05, 3.63) is 46.8 Å². The molecule has 5 rings (SSSR count). The summed E-state index contributed by atoms with van der Waals surface area (Å²) in [5.74, 6) is 2.17. The summed E-state index contributed by atoms with van der Waals surface area (Å²) >= 11 is 1.77. The van der Waals surface area contributed by atoms with E-state index in [1.54, 1.807) is 24.8 Å². The van der Waals surface area contributed by atoms with Gasteiger partial charge in [-0.1, -0.05) is 12.1 Å². The van der Waals surface area contributed by atoms with Crippen LogP contribution >= 0.6 is 11.3 Å². The van der Waals surface area contributed by atoms with Crippen LogP contribution in [0.25, 0.3) is 21.2 Å². The molecule has 3 aromatic heterocycles. The smallest absolute Gasteiger partial charge is 0.176 e. The van der Waals surface area contributed by atoms with Gasteiger partial charge in [-0.15, -0.1) is 11.3 Å². The van der Waals surface area contributed by atoms with Gasteiger partial charge in [0.1, 0.15) is 16.9 Å². The van der Waals surface area contributed by atoms with Crippen molar-refractivity contribution in [2.75, 3.05) is 12.5 Å². The molecule has 0 unspecified atom stereocenters. The van der Waals surface area contributed by atoms with E-state index in [9.17, 15) is 0 Å². The fourth-order valence-electron chi connectivity index (χ4n) is 3.58. The van der Waals surface area contributed by atoms with Crippen molar-refractivity contribution < 1.29 is 9.15 Å². The molecular weight excluding hydrogens is 360 g/mol. The first-order valence-electron chi connectivity index (χ1n) is 8.87. The summed E-state index contributed by atoms with van der Waals surface area (Å²) in [4.78, 5) is 11.3. The number of furan rings is 1. The molecule has 1 N–H and O–H groups in total. The Morgan fingerprint density at radius 2 is 2.22 bits per heavy atom. The van der Waals surface area contributed by atoms with Crippen LogP contribution in [0.15, 0.2) is 40.1 Å². The van der Waals surface area contributed by atoms with E-state index in [4.69, 9.17) is 9.15 Å². The zero-order chi connectivity index (χ0) is 18.4. The molecule has 0 bridgehead atoms. The fraction of sp³-hybridized carbons (Fsp3) is 0.250. The van der Waals surface area contributed by atoms with Crippen molar-refractivity contribution in [1.29, 1.82) is 0 Å². The number of nitrogens with one attached hydrogen (secondary N) is 1. The first kappa shape index (κ1) is 16.3. The number of methoxy groups -OCH3 is 1. The lowest BCUT2D eigenvalue weighted by Gasteiger charge is -2.04. The van der Waals surface area contributed by atoms with Crippen molar-refractivity contribution in [1.82, 2.24) is 9.97 Å². The maximum atomic E-state index is 5.96. The molecule has 0 saturated heterocycles. The number of benzene rings is 1. The molecule has 0 fully saturated rings. The fourth-order valence-corrected chi connectivity index (χ4v) is 4.81. The molecule has 27 heavy (non-hydrogen) atoms. The number of aromatic nitrogens is 2. The van der Waals surface area contributed by atoms with Gasteiger partial charge in [0.05, 0.1) is 12.5 Å². The lowest BCUT2D eigenvalue weighted by atomic mass is 10.2. The average Bonchev–Trinajstić information content (AvgIpc) is 3.39. The first-order valence-corrected chi connectivity index (χ1v) is 9.68. The van der Waals surface area contributed by atoms with E-state index in [1.165, 1.54) is 16.9 Å². The minimum absolute atomic E-state index is 0.697. The van der Waals surface area contributed by atoms with E-state index in [-0.39, 0.29) is 0 Å². The second-order valence-corrected chi connectivity index (χ2v) is 7.64. The van der Waals surface area contributed by atoms with Crippen LogP contribution < -0.4 is 10.2 Å². The van der Waals surface area contributed by atoms with Crippen LogP contribution in [0.2, 0.25) is 0 Å². The molecule has 0 aliphatic heterocycles. The number of fused-ring (bicyclic) bond motifs is 4. The lowest BCUT2D eigenvalue weighted by Crippen LogP contribution is -2.00. The number of aryl methyl sites for hydroxylation is 2. The standard InChI is InChI=1S/C20H18N4O2S/c1-11(15-9-12-5-3-7-14(25-2)18(12)26-15)23-24-19-17-13-6-4-8-16(13)27-20(17)22-10-21-19/h3,5,7,9-10H,4,6,8H2,1-2H3,(H,21,22,24)/b23-11-. The molecule has 0 spiro atoms. The van der Waals surface area contributed by atoms with Gasteiger partial charge in [-0.2, -0.15) is 5.10 Å². The Bertz CT molecular complexity index is 1190. The number of hydrogen-bond acceptors (Lipinski definition) is 7. The largest absolute Gasteiger partial charge is 0.493 e. The van der Waals surface area contributed by atoms with Crippen LogP contribution in [0.1, 0.15) is 29.5 Å². The third kappa shape index (κ3) is 2.66. The summed E-state index contributed by atoms with van der Waals surface area (Å²) in [6.45, 7) is 1.91. The number of nitrogens with zero attached hydrogens (tertiary/aromatic N) is 3. The van der Waals surface area contributed by atoms with E-state index in [1.807, 2.05) is 31.2 Å². The van der Waals surface area contributed by atoms with Gasteiger partial charge in [-0.25, -0.2) is 9.97 Å². The Balaban J connectivity index is 1.50. The Morgan fingerprint density at radius 3 is 3.11 bits per heavy atom. The third-order valence-electron chi connectivity index (χ3n) is 4.92. The summed E-state index contributed by atoms with van der Waals surface area (Å²) in [6, 6.07) is 7.79. The molecule has 0 atom stereocenters. The highest BCUT2D eigenvalue weighted by Crippen LogP contribution is 2.39. The number of rotatable bonds is 4. The number of para-hydroxylation sites is 1. The molecule has 0 saturated carbocycles. The number of anilines is 1. The quantitative estimate of drug-likeness (QED) is 0.409. The van der Waals surface area contributed by atoms with Gasteiger partial charge in [0.2, 0.25) is 0 Å². The summed E-state index contributed by atoms with van der Waals surface area (Å²) in [5, 5.41) is 6.61. The third-order valence-corrected chi connectivity index (χ3v) is 6.12. The highest BCUT2D eigenvalue weighted by molar-refractivity contribution is 7.19. The highest BCUT2D eigenvalue weighted by Gasteiger charge is 2.21. The van der Waals surface area contributed by atoms with E-state index in [0.717, 1.165) is 45.6 Å². The van der Waals surface area contributed by atoms with Crippen molar-refractivity contribution in [2.45, 2.75) is 26.2 Å². The van der Waals surface area contributed by atoms with E-state index in [0.29, 0.717) is 11.5 Å². The minimum atomic E-state index is 0.697. The Kier molecular flexibility index (Phi) is 3.82. The van der Waals surface area contributed by atoms with Gasteiger partial charge in [0, 0.05) is 10.3 Å². The molecule has 0 amide bonds. The Hall–Kier alpha value is -2.93. The van der Waals surface area contributed by atoms with Gasteiger partial charge in [0.25, 0.3) is 0 Å². The number of hydrogen-bond donors (Lipinski definition) is 1. The Morgan fingerprint density at radius 1 is 1.30 bits per heavy atom. The molecule has 7 heteroatoms. The predicted molar refractivity (Wildman–Crippen MR) is 108 cm³/mol. The van der Waals surface area contributed by atoms with Gasteiger partial charge < -0.3 is 9.15 Å². The van der Waals surface area contributed by atoms with Gasteiger partial charge >= 0.3 is 0 Å². The van der Waals surface area contributed by atoms with Crippen LogP contribution in [0, 0.1) is 0 Å². The van der Waals surface area contributed by atoms with Crippen molar-refractivity contribution in [2.24, 2.45) is 5.10 Å². The Labute approximate surface area is 159 Å². The van der Waals surface area contributed by atoms with E-state index in [2.05, 4.69) is 20.5 Å². The van der Waals surface area contributed by atoms with Crippen molar-refractivity contribution in [3.8, 4) is 5.75 Å². The van der Waals surface area contributed by atoms with Crippen LogP contribution in [-0.2, 0) is 12.8 Å². The van der Waals surface area contributed by atoms with Gasteiger partial charge in [-0.3, -0.25) is 5.43 Å². The number of hydrazone groups is 1. The summed E-state index contributed by atoms with van der Waals surface area (Å²) in [5.41, 5.74) is 5.97. The molecule has 3 heterocycles. The molecule has 6 nitrogen and oxygen atoms in total. The molecule has 1 aliphatic rings. The molecule has 0 radical (unpaired) electrons. The average molecular weight is 378 g/mol. The topological polar surface area (TPSA) is 72.5 Å². The second-order valence-electron chi connectivity index (χ2n) is 6.56. The summed E-state index contributed by atoms with van der Waals surface area (Å²) < 4.78 is 11.3. The van der Waals surface area contributed by atoms with Crippen LogP contribution in [0.4, 0.5) is 5.82 Å². The van der Waals surface area contributed by atoms with Crippen molar-refractivity contribution in [3.63, 3.8) is 0 Å². The minimum Gasteiger partial charge on any atom is -0.493 e. The number of ether oxygens (including phenoxy) is 1. The summed E-state index contributed by atoms with van der Waals surface area (Å²) in [7, 11) is 1.64. The molecular formula is C20H18N4O2S. The monoisotopic (exact) mass is 378 g/mol. The van der Waals surface area contributed by atoms with Crippen molar-refractivity contribution >= 4 is 44.1 Å². The maximum absolute atomic E-state index is 5.96. The zero-order valence-electron chi connectivity index (χ0n) is 15.1. The molecule has 4 aromatic rings. The van der Waals surface area contributed by atoms with E-state index < -0.39 is 0 Å². The maximum Gasteiger partial charge on any atom is 0.176 e. The van der Waals surface area contributed by atoms with Gasteiger partial charge in [-0.05, 0) is 43.9 Å². The second kappa shape index (κ2) is 6.35. The normalized spacial score (nSPS) is 14.1. The zero-order valence-corrected chi connectivity index (χ0v) is 15.9. The molecule has 136 valence electrons. The molecule has 1 aromatic carbocycles. The summed E-state index contributed by atoms with van der Waals surface area (Å²) in [6.07, 6.45) is 5.02. The van der Waals surface area contributed by atoms with Crippen LogP contribution in [-0.4, -0.2) is 22.8 Å². The first-order chi connectivity index (χ1) is 13.2. The van der Waals surface area contributed by atoms with Gasteiger partial charge in [0.15, 0.2) is 22.9 Å².